The van der Waals surface area contributed by atoms with Crippen molar-refractivity contribution >= 4 is 35.6 Å². The summed E-state index contributed by atoms with van der Waals surface area (Å²) in [7, 11) is 0. The fourth-order valence-corrected chi connectivity index (χ4v) is 3.46. The molecule has 0 aromatic rings. The zero-order valence-corrected chi connectivity index (χ0v) is 22.2. The first-order valence-corrected chi connectivity index (χ1v) is 12.4. The van der Waals surface area contributed by atoms with Crippen molar-refractivity contribution in [1.82, 2.24) is 16.0 Å². The van der Waals surface area contributed by atoms with Gasteiger partial charge in [-0.05, 0) is 43.9 Å². The Kier molecular flexibility index (Phi) is 15.5. The lowest BCUT2D eigenvalue weighted by molar-refractivity contribution is -0.142. The van der Waals surface area contributed by atoms with Gasteiger partial charge in [0.15, 0.2) is 5.96 Å². The fraction of sp³-hybridized carbons (Fsp3) is 0.739. The smallest absolute Gasteiger partial charge is 0.326 e. The van der Waals surface area contributed by atoms with Gasteiger partial charge in [0.05, 0.1) is 6.04 Å². The van der Waals surface area contributed by atoms with Crippen molar-refractivity contribution < 1.29 is 29.1 Å². The Morgan fingerprint density at radius 3 is 1.76 bits per heavy atom. The number of carbonyl (C=O) groups is 5. The number of aliphatic imine (C=N–C) groups is 1. The minimum absolute atomic E-state index is 0.0423. The van der Waals surface area contributed by atoms with Crippen LogP contribution in [-0.4, -0.2) is 71.4 Å². The van der Waals surface area contributed by atoms with Crippen molar-refractivity contribution in [3.05, 3.63) is 0 Å². The molecule has 0 saturated heterocycles. The van der Waals surface area contributed by atoms with E-state index in [4.69, 9.17) is 22.9 Å². The lowest BCUT2D eigenvalue weighted by Crippen LogP contribution is -2.57. The summed E-state index contributed by atoms with van der Waals surface area (Å²) in [6.07, 6.45) is 0.657. The average Bonchev–Trinajstić information content (AvgIpc) is 2.76. The summed E-state index contributed by atoms with van der Waals surface area (Å²) < 4.78 is 0. The Morgan fingerprint density at radius 1 is 0.757 bits per heavy atom. The molecule has 0 heterocycles. The number of carboxylic acids is 1. The molecule has 14 heteroatoms. The molecule has 0 aromatic carbocycles. The van der Waals surface area contributed by atoms with Gasteiger partial charge in [0.25, 0.3) is 0 Å². The van der Waals surface area contributed by atoms with Crippen LogP contribution in [0.3, 0.4) is 0 Å². The number of aliphatic carboxylic acids is 1. The second kappa shape index (κ2) is 17.1. The minimum atomic E-state index is -1.25. The van der Waals surface area contributed by atoms with Gasteiger partial charge in [-0.1, -0.05) is 27.7 Å². The highest BCUT2D eigenvalue weighted by molar-refractivity contribution is 5.94. The van der Waals surface area contributed by atoms with Gasteiger partial charge in [-0.15, -0.1) is 0 Å². The van der Waals surface area contributed by atoms with E-state index in [0.29, 0.717) is 12.8 Å². The van der Waals surface area contributed by atoms with Crippen LogP contribution in [0.5, 0.6) is 0 Å². The predicted molar refractivity (Wildman–Crippen MR) is 139 cm³/mol. The summed E-state index contributed by atoms with van der Waals surface area (Å²) in [5, 5.41) is 17.1. The zero-order chi connectivity index (χ0) is 28.7. The Balaban J connectivity index is 5.53. The zero-order valence-electron chi connectivity index (χ0n) is 22.2. The van der Waals surface area contributed by atoms with E-state index >= 15 is 0 Å². The first-order valence-electron chi connectivity index (χ1n) is 12.4. The van der Waals surface area contributed by atoms with Gasteiger partial charge in [-0.2, -0.15) is 0 Å². The number of hydrogen-bond acceptors (Lipinski definition) is 7. The molecule has 0 bridgehead atoms. The number of guanidine groups is 1. The lowest BCUT2D eigenvalue weighted by Gasteiger charge is -2.26. The Labute approximate surface area is 217 Å². The molecule has 0 aliphatic rings. The minimum Gasteiger partial charge on any atom is -0.480 e. The summed E-state index contributed by atoms with van der Waals surface area (Å²) in [4.78, 5) is 65.3. The lowest BCUT2D eigenvalue weighted by atomic mass is 10.0. The molecule has 0 fully saturated rings. The van der Waals surface area contributed by atoms with Crippen molar-refractivity contribution in [2.24, 2.45) is 39.8 Å². The molecule has 212 valence electrons. The number of rotatable bonds is 18. The molecule has 37 heavy (non-hydrogen) atoms. The molecule has 14 nitrogen and oxygen atoms in total. The van der Waals surface area contributed by atoms with E-state index in [-0.39, 0.29) is 50.0 Å². The molecule has 12 N–H and O–H groups in total. The van der Waals surface area contributed by atoms with Crippen molar-refractivity contribution in [2.75, 3.05) is 6.54 Å². The maximum Gasteiger partial charge on any atom is 0.326 e. The quantitative estimate of drug-likeness (QED) is 0.0569. The molecule has 0 aliphatic carbocycles. The maximum atomic E-state index is 13.1. The number of nitrogens with two attached hydrogens (primary N) is 4. The van der Waals surface area contributed by atoms with E-state index in [0.717, 1.165) is 0 Å². The van der Waals surface area contributed by atoms with E-state index in [1.807, 2.05) is 27.7 Å². The van der Waals surface area contributed by atoms with Crippen molar-refractivity contribution in [3.8, 4) is 0 Å². The van der Waals surface area contributed by atoms with Crippen molar-refractivity contribution in [3.63, 3.8) is 0 Å². The second-order valence-corrected chi connectivity index (χ2v) is 9.84. The third kappa shape index (κ3) is 15.3. The second-order valence-electron chi connectivity index (χ2n) is 9.84. The van der Waals surface area contributed by atoms with Gasteiger partial charge >= 0.3 is 5.97 Å². The van der Waals surface area contributed by atoms with Gasteiger partial charge in [0, 0.05) is 13.0 Å². The molecule has 4 amide bonds. The molecule has 0 rings (SSSR count). The summed E-state index contributed by atoms with van der Waals surface area (Å²) in [6, 6.07) is -4.36. The Hall–Kier alpha value is -3.42. The molecular weight excluding hydrogens is 484 g/mol. The van der Waals surface area contributed by atoms with E-state index < -0.39 is 53.8 Å². The number of nitrogens with one attached hydrogen (secondary N) is 3. The van der Waals surface area contributed by atoms with Gasteiger partial charge in [0.2, 0.25) is 23.6 Å². The molecule has 4 atom stereocenters. The molecule has 0 aromatic heterocycles. The number of primary amides is 1. The molecular formula is C23H44N8O6. The normalized spacial score (nSPS) is 14.2. The molecule has 0 spiro atoms. The highest BCUT2D eigenvalue weighted by atomic mass is 16.4. The predicted octanol–water partition coefficient (Wildman–Crippen LogP) is -1.74. The van der Waals surface area contributed by atoms with Gasteiger partial charge in [-0.25, -0.2) is 4.79 Å². The van der Waals surface area contributed by atoms with E-state index in [2.05, 4.69) is 20.9 Å². The van der Waals surface area contributed by atoms with Crippen LogP contribution < -0.4 is 38.9 Å². The van der Waals surface area contributed by atoms with Gasteiger partial charge in [-0.3, -0.25) is 24.2 Å². The first-order chi connectivity index (χ1) is 17.1. The standard InChI is InChI=1S/C23H44N8O6/c1-12(2)10-14(24)19(33)29-15(7-8-18(25)32)20(34)31-17(11-13(3)4)21(35)30-16(22(36)37)6-5-9-28-23(26)27/h12-17H,5-11,24H2,1-4H3,(H2,25,32)(H,29,33)(H,30,35)(H,31,34)(H,36,37)(H4,26,27,28). The third-order valence-electron chi connectivity index (χ3n) is 5.27. The van der Waals surface area contributed by atoms with Crippen LogP contribution in [-0.2, 0) is 24.0 Å². The Morgan fingerprint density at radius 2 is 1.27 bits per heavy atom. The van der Waals surface area contributed by atoms with Crippen LogP contribution in [0.4, 0.5) is 0 Å². The van der Waals surface area contributed by atoms with E-state index in [1.54, 1.807) is 0 Å². The number of carboxylic acid groups (broad SMARTS) is 1. The highest BCUT2D eigenvalue weighted by Gasteiger charge is 2.31. The molecule has 0 radical (unpaired) electrons. The topological polar surface area (TPSA) is 258 Å². The average molecular weight is 529 g/mol. The third-order valence-corrected chi connectivity index (χ3v) is 5.27. The summed E-state index contributed by atoms with van der Waals surface area (Å²) in [5.41, 5.74) is 21.6. The number of nitrogens with zero attached hydrogens (tertiary/aromatic N) is 1. The SMILES string of the molecule is CC(C)CC(N)C(=O)NC(CCC(N)=O)C(=O)NC(CC(C)C)C(=O)NC(CCCN=C(N)N)C(=O)O. The van der Waals surface area contributed by atoms with Crippen LogP contribution in [0.1, 0.15) is 66.2 Å². The fourth-order valence-electron chi connectivity index (χ4n) is 3.46. The largest absolute Gasteiger partial charge is 0.480 e. The van der Waals surface area contributed by atoms with Crippen LogP contribution in [0, 0.1) is 11.8 Å². The number of hydrogen-bond donors (Lipinski definition) is 8. The van der Waals surface area contributed by atoms with Gasteiger partial charge in [0.1, 0.15) is 18.1 Å². The van der Waals surface area contributed by atoms with E-state index in [1.165, 1.54) is 0 Å². The Bertz CT molecular complexity index is 813. The van der Waals surface area contributed by atoms with Crippen LogP contribution in [0.25, 0.3) is 0 Å². The van der Waals surface area contributed by atoms with Crippen molar-refractivity contribution in [1.29, 1.82) is 0 Å². The van der Waals surface area contributed by atoms with Crippen LogP contribution in [0.2, 0.25) is 0 Å². The molecule has 0 aliphatic heterocycles. The van der Waals surface area contributed by atoms with Crippen LogP contribution in [0.15, 0.2) is 4.99 Å². The number of amides is 4. The molecule has 0 saturated carbocycles. The highest BCUT2D eigenvalue weighted by Crippen LogP contribution is 2.09. The summed E-state index contributed by atoms with van der Waals surface area (Å²) in [6.45, 7) is 7.63. The monoisotopic (exact) mass is 528 g/mol. The summed E-state index contributed by atoms with van der Waals surface area (Å²) in [5.74, 6) is -3.94. The van der Waals surface area contributed by atoms with E-state index in [9.17, 15) is 29.1 Å². The van der Waals surface area contributed by atoms with Crippen molar-refractivity contribution in [2.45, 2.75) is 90.4 Å². The maximum absolute atomic E-state index is 13.1. The first kappa shape index (κ1) is 33.6. The molecule has 4 unspecified atom stereocenters. The van der Waals surface area contributed by atoms with Gasteiger partial charge < -0.3 is 44.0 Å². The summed E-state index contributed by atoms with van der Waals surface area (Å²) >= 11 is 0. The number of carbonyl (C=O) groups excluding carboxylic acids is 4. The van der Waals surface area contributed by atoms with Crippen LogP contribution >= 0.6 is 0 Å².